The zero-order valence-electron chi connectivity index (χ0n) is 22.6. The standard InChI is InChI=1S/C28H41FN2O6/c1-6-27(2,3)16-30-24(32)18-8-7-9-21(18)31-25(33)19-14-23(20(29)15-22(19)36-5)37-17-10-12-28(4,13-11-17)26(34)35/h14-15,17-18,21H,6-13,16H2,1-5H3,(H,30,32)(H,31,33)(H,34,35). The molecule has 8 nitrogen and oxygen atoms in total. The highest BCUT2D eigenvalue weighted by atomic mass is 19.1. The number of rotatable bonds is 10. The third-order valence-corrected chi connectivity index (χ3v) is 8.21. The number of carboxylic acid groups (broad SMARTS) is 1. The van der Waals surface area contributed by atoms with Gasteiger partial charge in [-0.3, -0.25) is 14.4 Å². The Bertz CT molecular complexity index is 1000. The van der Waals surface area contributed by atoms with E-state index in [0.29, 0.717) is 45.1 Å². The first-order chi connectivity index (χ1) is 17.4. The summed E-state index contributed by atoms with van der Waals surface area (Å²) in [5, 5.41) is 15.4. The van der Waals surface area contributed by atoms with Crippen molar-refractivity contribution in [1.82, 2.24) is 10.6 Å². The molecule has 2 saturated carbocycles. The number of carboxylic acids is 1. The zero-order chi connectivity index (χ0) is 27.4. The number of ether oxygens (including phenoxy) is 2. The molecule has 37 heavy (non-hydrogen) atoms. The van der Waals surface area contributed by atoms with Crippen LogP contribution in [0.2, 0.25) is 0 Å². The van der Waals surface area contributed by atoms with Gasteiger partial charge in [-0.1, -0.05) is 27.2 Å². The second-order valence-corrected chi connectivity index (χ2v) is 11.5. The predicted molar refractivity (Wildman–Crippen MR) is 137 cm³/mol. The van der Waals surface area contributed by atoms with E-state index in [4.69, 9.17) is 9.47 Å². The topological polar surface area (TPSA) is 114 Å². The first-order valence-corrected chi connectivity index (χ1v) is 13.3. The van der Waals surface area contributed by atoms with Crippen molar-refractivity contribution in [2.24, 2.45) is 16.7 Å². The Morgan fingerprint density at radius 3 is 2.41 bits per heavy atom. The molecule has 2 atom stereocenters. The van der Waals surface area contributed by atoms with E-state index < -0.39 is 23.1 Å². The Kier molecular flexibility index (Phi) is 9.08. The van der Waals surface area contributed by atoms with Crippen LogP contribution in [-0.4, -0.2) is 48.7 Å². The van der Waals surface area contributed by atoms with Gasteiger partial charge in [0.05, 0.1) is 30.1 Å². The van der Waals surface area contributed by atoms with E-state index in [-0.39, 0.29) is 46.4 Å². The lowest BCUT2D eigenvalue weighted by atomic mass is 9.75. The van der Waals surface area contributed by atoms with E-state index >= 15 is 0 Å². The van der Waals surface area contributed by atoms with E-state index in [1.54, 1.807) is 6.92 Å². The Hall–Kier alpha value is -2.84. The maximum atomic E-state index is 14.8. The van der Waals surface area contributed by atoms with Crippen LogP contribution < -0.4 is 20.1 Å². The number of benzene rings is 1. The Morgan fingerprint density at radius 2 is 1.81 bits per heavy atom. The molecule has 2 fully saturated rings. The van der Waals surface area contributed by atoms with Crippen molar-refractivity contribution in [3.8, 4) is 11.5 Å². The third kappa shape index (κ3) is 6.93. The maximum absolute atomic E-state index is 14.8. The van der Waals surface area contributed by atoms with E-state index in [9.17, 15) is 23.9 Å². The molecule has 1 aromatic carbocycles. The summed E-state index contributed by atoms with van der Waals surface area (Å²) in [4.78, 5) is 37.6. The summed E-state index contributed by atoms with van der Waals surface area (Å²) in [6, 6.07) is 2.13. The number of carbonyl (C=O) groups is 3. The number of carbonyl (C=O) groups excluding carboxylic acids is 2. The van der Waals surface area contributed by atoms with Crippen molar-refractivity contribution in [3.63, 3.8) is 0 Å². The number of methoxy groups -OCH3 is 1. The Labute approximate surface area is 218 Å². The second-order valence-electron chi connectivity index (χ2n) is 11.5. The number of aliphatic carboxylic acids is 1. The molecule has 0 aliphatic heterocycles. The SMILES string of the molecule is CCC(C)(C)CNC(=O)C1CCCC1NC(=O)c1cc(OC2CCC(C)(C(=O)O)CC2)c(F)cc1OC. The fourth-order valence-corrected chi connectivity index (χ4v) is 4.99. The molecule has 2 unspecified atom stereocenters. The molecule has 1 aromatic rings. The zero-order valence-corrected chi connectivity index (χ0v) is 22.6. The molecule has 3 rings (SSSR count). The Morgan fingerprint density at radius 1 is 1.14 bits per heavy atom. The van der Waals surface area contributed by atoms with Gasteiger partial charge in [-0.05, 0) is 63.4 Å². The van der Waals surface area contributed by atoms with Gasteiger partial charge in [0.15, 0.2) is 11.6 Å². The predicted octanol–water partition coefficient (Wildman–Crippen LogP) is 4.70. The van der Waals surface area contributed by atoms with Gasteiger partial charge < -0.3 is 25.2 Å². The van der Waals surface area contributed by atoms with Crippen molar-refractivity contribution in [2.45, 2.75) is 91.2 Å². The molecule has 2 aliphatic rings. The normalized spacial score (nSPS) is 25.8. The number of amides is 2. The summed E-state index contributed by atoms with van der Waals surface area (Å²) >= 11 is 0. The number of halogens is 1. The van der Waals surface area contributed by atoms with Gasteiger partial charge in [0, 0.05) is 18.7 Å². The van der Waals surface area contributed by atoms with Crippen LogP contribution in [-0.2, 0) is 9.59 Å². The largest absolute Gasteiger partial charge is 0.496 e. The summed E-state index contributed by atoms with van der Waals surface area (Å²) in [5.74, 6) is -2.34. The lowest BCUT2D eigenvalue weighted by Crippen LogP contribution is -2.45. The monoisotopic (exact) mass is 520 g/mol. The molecule has 0 spiro atoms. The second kappa shape index (κ2) is 11.7. The quantitative estimate of drug-likeness (QED) is 0.412. The molecule has 3 N–H and O–H groups in total. The van der Waals surface area contributed by atoms with Crippen LogP contribution in [0.3, 0.4) is 0 Å². The summed E-state index contributed by atoms with van der Waals surface area (Å²) in [6.45, 7) is 8.56. The summed E-state index contributed by atoms with van der Waals surface area (Å²) in [6.07, 6.45) is 4.60. The van der Waals surface area contributed by atoms with Gasteiger partial charge in [0.1, 0.15) is 5.75 Å². The minimum atomic E-state index is -0.839. The van der Waals surface area contributed by atoms with Gasteiger partial charge >= 0.3 is 5.97 Å². The highest BCUT2D eigenvalue weighted by Gasteiger charge is 2.39. The van der Waals surface area contributed by atoms with E-state index in [1.165, 1.54) is 13.2 Å². The fraction of sp³-hybridized carbons (Fsp3) is 0.679. The molecule has 0 radical (unpaired) electrons. The number of nitrogens with one attached hydrogen (secondary N) is 2. The van der Waals surface area contributed by atoms with Gasteiger partial charge in [-0.25, -0.2) is 4.39 Å². The molecule has 2 aliphatic carbocycles. The summed E-state index contributed by atoms with van der Waals surface area (Å²) in [7, 11) is 1.36. The third-order valence-electron chi connectivity index (χ3n) is 8.21. The van der Waals surface area contributed by atoms with Crippen LogP contribution >= 0.6 is 0 Å². The molecule has 2 amide bonds. The highest BCUT2D eigenvalue weighted by Crippen LogP contribution is 2.38. The van der Waals surface area contributed by atoms with E-state index in [0.717, 1.165) is 18.9 Å². The molecule has 0 aromatic heterocycles. The van der Waals surface area contributed by atoms with Gasteiger partial charge in [-0.15, -0.1) is 0 Å². The lowest BCUT2D eigenvalue weighted by molar-refractivity contribution is -0.150. The van der Waals surface area contributed by atoms with Crippen LogP contribution in [0.25, 0.3) is 0 Å². The average molecular weight is 521 g/mol. The minimum absolute atomic E-state index is 0.00449. The minimum Gasteiger partial charge on any atom is -0.496 e. The van der Waals surface area contributed by atoms with E-state index in [1.807, 2.05) is 0 Å². The number of hydrogen-bond donors (Lipinski definition) is 3. The fourth-order valence-electron chi connectivity index (χ4n) is 4.99. The number of hydrogen-bond acceptors (Lipinski definition) is 5. The molecule has 9 heteroatoms. The molecule has 206 valence electrons. The van der Waals surface area contributed by atoms with Crippen LogP contribution in [0.15, 0.2) is 12.1 Å². The molecular weight excluding hydrogens is 479 g/mol. The Balaban J connectivity index is 1.69. The van der Waals surface area contributed by atoms with Crippen LogP contribution in [0.5, 0.6) is 11.5 Å². The van der Waals surface area contributed by atoms with Crippen molar-refractivity contribution in [3.05, 3.63) is 23.5 Å². The summed E-state index contributed by atoms with van der Waals surface area (Å²) in [5.41, 5.74) is -0.682. The van der Waals surface area contributed by atoms with Crippen molar-refractivity contribution in [2.75, 3.05) is 13.7 Å². The van der Waals surface area contributed by atoms with Crippen LogP contribution in [0.1, 0.15) is 89.4 Å². The van der Waals surface area contributed by atoms with Crippen LogP contribution in [0.4, 0.5) is 4.39 Å². The highest BCUT2D eigenvalue weighted by molar-refractivity contribution is 5.98. The van der Waals surface area contributed by atoms with Gasteiger partial charge in [-0.2, -0.15) is 0 Å². The maximum Gasteiger partial charge on any atom is 0.309 e. The van der Waals surface area contributed by atoms with Crippen molar-refractivity contribution >= 4 is 17.8 Å². The van der Waals surface area contributed by atoms with Crippen LogP contribution in [0, 0.1) is 22.6 Å². The average Bonchev–Trinajstić information content (AvgIpc) is 3.32. The first kappa shape index (κ1) is 28.7. The smallest absolute Gasteiger partial charge is 0.309 e. The first-order valence-electron chi connectivity index (χ1n) is 13.3. The molecule has 0 heterocycles. The lowest BCUT2D eigenvalue weighted by Gasteiger charge is -2.34. The molecule has 0 bridgehead atoms. The van der Waals surface area contributed by atoms with Gasteiger partial charge in [0.2, 0.25) is 5.91 Å². The van der Waals surface area contributed by atoms with E-state index in [2.05, 4.69) is 31.4 Å². The molecular formula is C28H41FN2O6. The van der Waals surface area contributed by atoms with Gasteiger partial charge in [0.25, 0.3) is 5.91 Å². The van der Waals surface area contributed by atoms with Crippen molar-refractivity contribution < 1.29 is 33.4 Å². The summed E-state index contributed by atoms with van der Waals surface area (Å²) < 4.78 is 26.0. The van der Waals surface area contributed by atoms with Crippen molar-refractivity contribution in [1.29, 1.82) is 0 Å². The molecule has 0 saturated heterocycles.